The van der Waals surface area contributed by atoms with Gasteiger partial charge in [0.15, 0.2) is 0 Å². The van der Waals surface area contributed by atoms with Crippen molar-refractivity contribution in [2.24, 2.45) is 0 Å². The standard InChI is InChI=1S/C14H16N2O.C9H7NS/c17-9-8-15-10-12-6-7-14(16-11-12)13-4-2-1-3-5-13;11-9-3-1-2-7-6-10-5-4-8(7)9/h1-7,11,15,17H,8-10H2;1-6,11H. The number of nitrogens with one attached hydrogen (secondary N) is 1. The van der Waals surface area contributed by atoms with Crippen molar-refractivity contribution in [3.8, 4) is 11.3 Å². The van der Waals surface area contributed by atoms with Gasteiger partial charge in [0.1, 0.15) is 0 Å². The molecule has 0 radical (unpaired) electrons. The minimum Gasteiger partial charge on any atom is -0.395 e. The van der Waals surface area contributed by atoms with Gasteiger partial charge in [0.25, 0.3) is 0 Å². The van der Waals surface area contributed by atoms with E-state index < -0.39 is 0 Å². The molecule has 0 spiro atoms. The first kappa shape index (κ1) is 20.0. The van der Waals surface area contributed by atoms with Crippen LogP contribution in [0, 0.1) is 0 Å². The number of hydrogen-bond acceptors (Lipinski definition) is 5. The summed E-state index contributed by atoms with van der Waals surface area (Å²) in [6.45, 7) is 1.51. The van der Waals surface area contributed by atoms with Crippen molar-refractivity contribution in [3.63, 3.8) is 0 Å². The van der Waals surface area contributed by atoms with E-state index in [1.54, 1.807) is 6.20 Å². The Labute approximate surface area is 170 Å². The Balaban J connectivity index is 0.000000176. The summed E-state index contributed by atoms with van der Waals surface area (Å²) in [5.41, 5.74) is 3.23. The Hall–Kier alpha value is -2.73. The molecule has 4 nitrogen and oxygen atoms in total. The first-order chi connectivity index (χ1) is 13.8. The molecule has 0 amide bonds. The van der Waals surface area contributed by atoms with Crippen LogP contribution in [0.1, 0.15) is 5.56 Å². The van der Waals surface area contributed by atoms with Gasteiger partial charge in [-0.25, -0.2) is 0 Å². The zero-order chi connectivity index (χ0) is 19.6. The first-order valence-corrected chi connectivity index (χ1v) is 9.56. The van der Waals surface area contributed by atoms with Gasteiger partial charge in [-0.1, -0.05) is 48.5 Å². The van der Waals surface area contributed by atoms with E-state index in [1.807, 2.05) is 73.1 Å². The molecule has 4 aromatic rings. The van der Waals surface area contributed by atoms with E-state index >= 15 is 0 Å². The van der Waals surface area contributed by atoms with E-state index in [9.17, 15) is 0 Å². The van der Waals surface area contributed by atoms with Crippen LogP contribution in [0.15, 0.2) is 90.2 Å². The van der Waals surface area contributed by atoms with Gasteiger partial charge in [0, 0.05) is 47.5 Å². The Morgan fingerprint density at radius 3 is 2.46 bits per heavy atom. The van der Waals surface area contributed by atoms with Gasteiger partial charge in [-0.05, 0) is 29.1 Å². The molecular formula is C23H23N3OS. The zero-order valence-electron chi connectivity index (χ0n) is 15.5. The summed E-state index contributed by atoms with van der Waals surface area (Å²) in [6, 6.07) is 22.1. The van der Waals surface area contributed by atoms with Crippen LogP contribution in [0.5, 0.6) is 0 Å². The van der Waals surface area contributed by atoms with Gasteiger partial charge in [0.2, 0.25) is 0 Å². The second-order valence-electron chi connectivity index (χ2n) is 6.19. The summed E-state index contributed by atoms with van der Waals surface area (Å²) in [7, 11) is 0. The fourth-order valence-corrected chi connectivity index (χ4v) is 3.02. The summed E-state index contributed by atoms with van der Waals surface area (Å²) in [4.78, 5) is 9.45. The highest BCUT2D eigenvalue weighted by Crippen LogP contribution is 2.19. The number of aromatic nitrogens is 2. The maximum atomic E-state index is 8.66. The number of pyridine rings is 2. The van der Waals surface area contributed by atoms with Gasteiger partial charge in [-0.3, -0.25) is 9.97 Å². The highest BCUT2D eigenvalue weighted by atomic mass is 32.1. The third-order valence-corrected chi connectivity index (χ3v) is 4.56. The molecule has 0 fully saturated rings. The smallest absolute Gasteiger partial charge is 0.0702 e. The summed E-state index contributed by atoms with van der Waals surface area (Å²) in [5.74, 6) is 0. The third kappa shape index (κ3) is 5.63. The van der Waals surface area contributed by atoms with Crippen LogP contribution in [0.3, 0.4) is 0 Å². The number of nitrogens with zero attached hydrogens (tertiary/aromatic N) is 2. The molecule has 0 aliphatic carbocycles. The Morgan fingerprint density at radius 2 is 1.75 bits per heavy atom. The number of hydrogen-bond donors (Lipinski definition) is 3. The predicted molar refractivity (Wildman–Crippen MR) is 117 cm³/mol. The molecular weight excluding hydrogens is 366 g/mol. The summed E-state index contributed by atoms with van der Waals surface area (Å²) in [5, 5.41) is 14.1. The molecule has 2 N–H and O–H groups in total. The van der Waals surface area contributed by atoms with Gasteiger partial charge in [-0.15, -0.1) is 12.6 Å². The minimum atomic E-state index is 0.162. The maximum Gasteiger partial charge on any atom is 0.0702 e. The molecule has 142 valence electrons. The van der Waals surface area contributed by atoms with Crippen LogP contribution >= 0.6 is 12.6 Å². The SMILES string of the molecule is OCCNCc1ccc(-c2ccccc2)nc1.Sc1cccc2cnccc12. The molecule has 0 atom stereocenters. The van der Waals surface area contributed by atoms with E-state index in [0.29, 0.717) is 6.54 Å². The fourth-order valence-electron chi connectivity index (χ4n) is 2.73. The second-order valence-corrected chi connectivity index (χ2v) is 6.67. The molecule has 4 rings (SSSR count). The first-order valence-electron chi connectivity index (χ1n) is 9.11. The highest BCUT2D eigenvalue weighted by molar-refractivity contribution is 7.80. The maximum absolute atomic E-state index is 8.66. The van der Waals surface area contributed by atoms with Crippen LogP contribution in [0.25, 0.3) is 22.0 Å². The lowest BCUT2D eigenvalue weighted by molar-refractivity contribution is 0.292. The quantitative estimate of drug-likeness (QED) is 0.351. The third-order valence-electron chi connectivity index (χ3n) is 4.17. The van der Waals surface area contributed by atoms with Crippen molar-refractivity contribution >= 4 is 23.4 Å². The molecule has 5 heteroatoms. The van der Waals surface area contributed by atoms with Crippen LogP contribution < -0.4 is 5.32 Å². The summed E-state index contributed by atoms with van der Waals surface area (Å²) >= 11 is 4.32. The lowest BCUT2D eigenvalue weighted by Gasteiger charge is -2.04. The number of rotatable bonds is 5. The van der Waals surface area contributed by atoms with E-state index in [1.165, 1.54) is 0 Å². The van der Waals surface area contributed by atoms with Gasteiger partial charge in [0.05, 0.1) is 12.3 Å². The second kappa shape index (κ2) is 10.6. The van der Waals surface area contributed by atoms with Crippen molar-refractivity contribution < 1.29 is 5.11 Å². The van der Waals surface area contributed by atoms with E-state index in [4.69, 9.17) is 5.11 Å². The Bertz CT molecular complexity index is 986. The van der Waals surface area contributed by atoms with Crippen LogP contribution in [-0.2, 0) is 6.54 Å². The Kier molecular flexibility index (Phi) is 7.55. The zero-order valence-corrected chi connectivity index (χ0v) is 16.4. The topological polar surface area (TPSA) is 58.0 Å². The molecule has 2 aromatic heterocycles. The number of thiol groups is 1. The van der Waals surface area contributed by atoms with Crippen molar-refractivity contribution in [2.75, 3.05) is 13.2 Å². The van der Waals surface area contributed by atoms with Crippen LogP contribution in [0.2, 0.25) is 0 Å². The lowest BCUT2D eigenvalue weighted by Crippen LogP contribution is -2.17. The number of aliphatic hydroxyl groups is 1. The lowest BCUT2D eigenvalue weighted by atomic mass is 10.1. The predicted octanol–water partition coefficient (Wildman–Crippen LogP) is 4.35. The summed E-state index contributed by atoms with van der Waals surface area (Å²) in [6.07, 6.45) is 5.49. The average molecular weight is 390 g/mol. The normalized spacial score (nSPS) is 10.4. The average Bonchev–Trinajstić information content (AvgIpc) is 2.76. The largest absolute Gasteiger partial charge is 0.395 e. The van der Waals surface area contributed by atoms with Gasteiger partial charge in [-0.2, -0.15) is 0 Å². The number of benzene rings is 2. The molecule has 0 aliphatic rings. The van der Waals surface area contributed by atoms with Crippen molar-refractivity contribution in [1.29, 1.82) is 0 Å². The van der Waals surface area contributed by atoms with E-state index in [2.05, 4.69) is 34.0 Å². The van der Waals surface area contributed by atoms with Gasteiger partial charge < -0.3 is 10.4 Å². The molecule has 0 unspecified atom stereocenters. The molecule has 0 saturated carbocycles. The van der Waals surface area contributed by atoms with E-state index in [0.717, 1.165) is 39.0 Å². The fraction of sp³-hybridized carbons (Fsp3) is 0.130. The monoisotopic (exact) mass is 389 g/mol. The number of fused-ring (bicyclic) bond motifs is 1. The molecule has 2 aromatic carbocycles. The highest BCUT2D eigenvalue weighted by Gasteiger charge is 1.98. The van der Waals surface area contributed by atoms with Crippen LogP contribution in [-0.4, -0.2) is 28.2 Å². The molecule has 28 heavy (non-hydrogen) atoms. The molecule has 0 aliphatic heterocycles. The molecule has 0 bridgehead atoms. The number of aliphatic hydroxyl groups excluding tert-OH is 1. The van der Waals surface area contributed by atoms with Crippen molar-refractivity contribution in [1.82, 2.24) is 15.3 Å². The van der Waals surface area contributed by atoms with Gasteiger partial charge >= 0.3 is 0 Å². The Morgan fingerprint density at radius 1 is 0.893 bits per heavy atom. The minimum absolute atomic E-state index is 0.162. The van der Waals surface area contributed by atoms with Crippen molar-refractivity contribution in [2.45, 2.75) is 11.4 Å². The molecule has 0 saturated heterocycles. The summed E-state index contributed by atoms with van der Waals surface area (Å²) < 4.78 is 0. The van der Waals surface area contributed by atoms with Crippen LogP contribution in [0.4, 0.5) is 0 Å². The molecule has 2 heterocycles. The van der Waals surface area contributed by atoms with E-state index in [-0.39, 0.29) is 6.61 Å². The van der Waals surface area contributed by atoms with Crippen molar-refractivity contribution in [3.05, 3.63) is 90.9 Å².